The van der Waals surface area contributed by atoms with E-state index in [1.165, 1.54) is 0 Å². The highest BCUT2D eigenvalue weighted by molar-refractivity contribution is 5.78. The molecule has 2 aromatic rings. The molecule has 23 heavy (non-hydrogen) atoms. The second-order valence-electron chi connectivity index (χ2n) is 6.02. The summed E-state index contributed by atoms with van der Waals surface area (Å²) < 4.78 is 1.82. The first-order valence-corrected chi connectivity index (χ1v) is 8.43. The zero-order chi connectivity index (χ0) is 16.4. The zero-order valence-electron chi connectivity index (χ0n) is 13.8. The van der Waals surface area contributed by atoms with Gasteiger partial charge in [0.05, 0.1) is 10.9 Å². The van der Waals surface area contributed by atoms with Gasteiger partial charge in [0.2, 0.25) is 5.91 Å². The van der Waals surface area contributed by atoms with Gasteiger partial charge in [-0.05, 0) is 38.8 Å². The van der Waals surface area contributed by atoms with E-state index in [1.54, 1.807) is 0 Å². The molecule has 0 saturated heterocycles. The number of aromatic nitrogens is 2. The highest BCUT2D eigenvalue weighted by Gasteiger charge is 2.28. The maximum atomic E-state index is 12.7. The smallest absolute Gasteiger partial charge is 0.261 e. The molecule has 0 spiro atoms. The third kappa shape index (κ3) is 3.14. The maximum Gasteiger partial charge on any atom is 0.261 e. The Morgan fingerprint density at radius 3 is 2.61 bits per heavy atom. The van der Waals surface area contributed by atoms with Gasteiger partial charge in [0.1, 0.15) is 5.82 Å². The first kappa shape index (κ1) is 15.7. The second-order valence-corrected chi connectivity index (χ2v) is 6.02. The van der Waals surface area contributed by atoms with Crippen LogP contribution in [-0.2, 0) is 11.2 Å². The average molecular weight is 313 g/mol. The number of hydrogen-bond donors (Lipinski definition) is 0. The molecule has 122 valence electrons. The van der Waals surface area contributed by atoms with Crippen LogP contribution in [0.3, 0.4) is 0 Å². The van der Waals surface area contributed by atoms with Crippen LogP contribution < -0.4 is 5.56 Å². The number of carbonyl (C=O) groups excluding carboxylic acids is 1. The number of hydrogen-bond acceptors (Lipinski definition) is 3. The van der Waals surface area contributed by atoms with E-state index in [2.05, 4.69) is 4.98 Å². The molecule has 0 radical (unpaired) electrons. The molecule has 1 aromatic carbocycles. The molecular weight excluding hydrogens is 290 g/mol. The Morgan fingerprint density at radius 2 is 1.96 bits per heavy atom. The minimum Gasteiger partial charge on any atom is -0.343 e. The molecule has 0 N–H and O–H groups in total. The molecule has 1 amide bonds. The Balaban J connectivity index is 1.92. The molecule has 0 atom stereocenters. The lowest BCUT2D eigenvalue weighted by Crippen LogP contribution is -2.31. The monoisotopic (exact) mass is 313 g/mol. The Morgan fingerprint density at radius 1 is 1.26 bits per heavy atom. The van der Waals surface area contributed by atoms with E-state index >= 15 is 0 Å². The summed E-state index contributed by atoms with van der Waals surface area (Å²) in [7, 11) is 0. The lowest BCUT2D eigenvalue weighted by atomic mass is 10.2. The minimum absolute atomic E-state index is 0.0309. The predicted octanol–water partition coefficient (Wildman–Crippen LogP) is 2.53. The fourth-order valence-electron chi connectivity index (χ4n) is 3.03. The van der Waals surface area contributed by atoms with Gasteiger partial charge in [-0.2, -0.15) is 0 Å². The van der Waals surface area contributed by atoms with E-state index in [4.69, 9.17) is 0 Å². The van der Waals surface area contributed by atoms with E-state index in [9.17, 15) is 9.59 Å². The van der Waals surface area contributed by atoms with Crippen molar-refractivity contribution >= 4 is 16.8 Å². The van der Waals surface area contributed by atoms with E-state index in [0.717, 1.165) is 37.3 Å². The van der Waals surface area contributed by atoms with Crippen LogP contribution in [0.1, 0.15) is 45.0 Å². The Kier molecular flexibility index (Phi) is 4.46. The van der Waals surface area contributed by atoms with E-state index in [0.29, 0.717) is 18.2 Å². The van der Waals surface area contributed by atoms with Crippen molar-refractivity contribution in [1.82, 2.24) is 14.5 Å². The Hall–Kier alpha value is -2.17. The third-order valence-electron chi connectivity index (χ3n) is 4.47. The van der Waals surface area contributed by atoms with Crippen LogP contribution in [0.5, 0.6) is 0 Å². The van der Waals surface area contributed by atoms with Crippen molar-refractivity contribution in [3.63, 3.8) is 0 Å². The molecule has 1 aliphatic rings. The standard InChI is InChI=1S/C18H23N3O2/c1-3-20(4-2)17(22)12-11-16-19-15-8-6-5-7-14(15)18(23)21(16)13-9-10-13/h5-8,13H,3-4,9-12H2,1-2H3. The number of rotatable bonds is 6. The summed E-state index contributed by atoms with van der Waals surface area (Å²) in [6, 6.07) is 7.71. The molecule has 1 saturated carbocycles. The average Bonchev–Trinajstić information content (AvgIpc) is 3.39. The lowest BCUT2D eigenvalue weighted by molar-refractivity contribution is -0.130. The van der Waals surface area contributed by atoms with Crippen molar-refractivity contribution in [1.29, 1.82) is 0 Å². The van der Waals surface area contributed by atoms with Crippen LogP contribution in [0.2, 0.25) is 0 Å². The molecule has 0 aliphatic heterocycles. The fourth-order valence-corrected chi connectivity index (χ4v) is 3.03. The van der Waals surface area contributed by atoms with Crippen LogP contribution in [0.4, 0.5) is 0 Å². The minimum atomic E-state index is 0.0309. The van der Waals surface area contributed by atoms with Crippen molar-refractivity contribution in [2.45, 2.75) is 45.6 Å². The van der Waals surface area contributed by atoms with Crippen LogP contribution in [-0.4, -0.2) is 33.4 Å². The van der Waals surface area contributed by atoms with E-state index < -0.39 is 0 Å². The van der Waals surface area contributed by atoms with Gasteiger partial charge in [-0.15, -0.1) is 0 Å². The van der Waals surface area contributed by atoms with Gasteiger partial charge in [-0.25, -0.2) is 4.98 Å². The molecule has 5 heteroatoms. The summed E-state index contributed by atoms with van der Waals surface area (Å²) in [5.74, 6) is 0.872. The number of carbonyl (C=O) groups is 1. The molecule has 0 unspecified atom stereocenters. The van der Waals surface area contributed by atoms with Gasteiger partial charge in [0.15, 0.2) is 0 Å². The summed E-state index contributed by atoms with van der Waals surface area (Å²) in [5, 5.41) is 0.665. The van der Waals surface area contributed by atoms with Crippen LogP contribution in [0.25, 0.3) is 10.9 Å². The maximum absolute atomic E-state index is 12.7. The predicted molar refractivity (Wildman–Crippen MR) is 90.5 cm³/mol. The highest BCUT2D eigenvalue weighted by atomic mass is 16.2. The van der Waals surface area contributed by atoms with Gasteiger partial charge in [-0.1, -0.05) is 12.1 Å². The molecule has 1 aliphatic carbocycles. The molecule has 3 rings (SSSR count). The fraction of sp³-hybridized carbons (Fsp3) is 0.500. The molecule has 1 aromatic heterocycles. The van der Waals surface area contributed by atoms with Gasteiger partial charge in [0.25, 0.3) is 5.56 Å². The second kappa shape index (κ2) is 6.52. The molecule has 1 heterocycles. The van der Waals surface area contributed by atoms with Gasteiger partial charge in [0, 0.05) is 32.0 Å². The number of amides is 1. The first-order chi connectivity index (χ1) is 11.2. The van der Waals surface area contributed by atoms with Gasteiger partial charge in [-0.3, -0.25) is 14.2 Å². The topological polar surface area (TPSA) is 55.2 Å². The molecule has 5 nitrogen and oxygen atoms in total. The van der Waals surface area contributed by atoms with Crippen molar-refractivity contribution in [2.75, 3.05) is 13.1 Å². The molecule has 1 fully saturated rings. The highest BCUT2D eigenvalue weighted by Crippen LogP contribution is 2.34. The summed E-state index contributed by atoms with van der Waals surface area (Å²) in [6.07, 6.45) is 2.97. The van der Waals surface area contributed by atoms with Crippen molar-refractivity contribution in [2.24, 2.45) is 0 Å². The third-order valence-corrected chi connectivity index (χ3v) is 4.47. The van der Waals surface area contributed by atoms with Crippen LogP contribution >= 0.6 is 0 Å². The van der Waals surface area contributed by atoms with E-state index in [-0.39, 0.29) is 17.5 Å². The quantitative estimate of drug-likeness (QED) is 0.823. The Labute approximate surface area is 135 Å². The summed E-state index contributed by atoms with van der Waals surface area (Å²) in [5.41, 5.74) is 0.753. The van der Waals surface area contributed by atoms with Crippen molar-refractivity contribution in [3.05, 3.63) is 40.4 Å². The first-order valence-electron chi connectivity index (χ1n) is 8.43. The molecule has 0 bridgehead atoms. The van der Waals surface area contributed by atoms with Crippen LogP contribution in [0, 0.1) is 0 Å². The van der Waals surface area contributed by atoms with Gasteiger partial charge < -0.3 is 4.90 Å². The Bertz CT molecular complexity index is 773. The summed E-state index contributed by atoms with van der Waals surface area (Å²) in [6.45, 7) is 5.40. The number of aryl methyl sites for hydroxylation is 1. The number of fused-ring (bicyclic) bond motifs is 1. The molecular formula is C18H23N3O2. The van der Waals surface area contributed by atoms with E-state index in [1.807, 2.05) is 47.6 Å². The zero-order valence-corrected chi connectivity index (χ0v) is 13.8. The van der Waals surface area contributed by atoms with Gasteiger partial charge >= 0.3 is 0 Å². The number of benzene rings is 1. The SMILES string of the molecule is CCN(CC)C(=O)CCc1nc2ccccc2c(=O)n1C1CC1. The normalized spacial score (nSPS) is 14.2. The summed E-state index contributed by atoms with van der Waals surface area (Å²) >= 11 is 0. The van der Waals surface area contributed by atoms with Crippen molar-refractivity contribution < 1.29 is 4.79 Å². The largest absolute Gasteiger partial charge is 0.343 e. The number of nitrogens with zero attached hydrogens (tertiary/aromatic N) is 3. The van der Waals surface area contributed by atoms with Crippen LogP contribution in [0.15, 0.2) is 29.1 Å². The van der Waals surface area contributed by atoms with Crippen molar-refractivity contribution in [3.8, 4) is 0 Å². The number of para-hydroxylation sites is 1. The lowest BCUT2D eigenvalue weighted by Gasteiger charge is -2.19. The summed E-state index contributed by atoms with van der Waals surface area (Å²) in [4.78, 5) is 31.5.